The summed E-state index contributed by atoms with van der Waals surface area (Å²) in [6.45, 7) is 4.17. The molecular weight excluding hydrogens is 438 g/mol. The molecule has 1 aromatic rings. The van der Waals surface area contributed by atoms with Gasteiger partial charge in [-0.2, -0.15) is 12.8 Å². The molecule has 174 valence electrons. The number of imide groups is 1. The zero-order chi connectivity index (χ0) is 23.2. The van der Waals surface area contributed by atoms with E-state index in [9.17, 15) is 18.0 Å². The van der Waals surface area contributed by atoms with Gasteiger partial charge in [0.05, 0.1) is 19.6 Å². The summed E-state index contributed by atoms with van der Waals surface area (Å²) in [5.74, 6) is 0.371. The van der Waals surface area contributed by atoms with Crippen molar-refractivity contribution < 1.29 is 22.7 Å². The van der Waals surface area contributed by atoms with Crippen molar-refractivity contribution in [2.45, 2.75) is 58.4 Å². The topological polar surface area (TPSA) is 105 Å². The number of amides is 2. The van der Waals surface area contributed by atoms with E-state index in [0.717, 1.165) is 43.2 Å². The standard InChI is InChI=1S/C21H33N3O5S2/c1-5-6-7-8-16(2)19(23-31(27)28)13-14-24(21(26)30-22-3)20(25)15-17-9-11-18(29-4)12-10-17/h9-12,16,19,22H,5-8,13-15H2,1-4H3. The summed E-state index contributed by atoms with van der Waals surface area (Å²) in [7, 11) is 0.624. The summed E-state index contributed by atoms with van der Waals surface area (Å²) in [5.41, 5.74) is 0.757. The molecule has 0 bridgehead atoms. The Kier molecular flexibility index (Phi) is 13.1. The molecule has 0 fully saturated rings. The zero-order valence-corrected chi connectivity index (χ0v) is 20.3. The second-order valence-electron chi connectivity index (χ2n) is 7.29. The Morgan fingerprint density at radius 1 is 1.19 bits per heavy atom. The van der Waals surface area contributed by atoms with Crippen molar-refractivity contribution in [3.8, 4) is 5.75 Å². The van der Waals surface area contributed by atoms with Gasteiger partial charge in [0, 0.05) is 18.5 Å². The molecular formula is C21H33N3O5S2. The van der Waals surface area contributed by atoms with Crippen LogP contribution < -0.4 is 9.46 Å². The van der Waals surface area contributed by atoms with Crippen LogP contribution in [0.4, 0.5) is 4.79 Å². The number of hydrogen-bond donors (Lipinski definition) is 1. The van der Waals surface area contributed by atoms with Crippen molar-refractivity contribution in [1.29, 1.82) is 0 Å². The molecule has 1 aromatic carbocycles. The van der Waals surface area contributed by atoms with Gasteiger partial charge in [0.1, 0.15) is 5.75 Å². The van der Waals surface area contributed by atoms with Crippen LogP contribution in [0.1, 0.15) is 51.5 Å². The molecule has 0 saturated carbocycles. The highest BCUT2D eigenvalue weighted by Gasteiger charge is 2.25. The monoisotopic (exact) mass is 471 g/mol. The van der Waals surface area contributed by atoms with Gasteiger partial charge in [-0.1, -0.05) is 45.2 Å². The highest BCUT2D eigenvalue weighted by atomic mass is 32.2. The number of rotatable bonds is 13. The summed E-state index contributed by atoms with van der Waals surface area (Å²) in [6, 6.07) is 6.60. The smallest absolute Gasteiger partial charge is 0.311 e. The van der Waals surface area contributed by atoms with Crippen molar-refractivity contribution in [3.63, 3.8) is 0 Å². The molecule has 2 unspecified atom stereocenters. The summed E-state index contributed by atoms with van der Waals surface area (Å²) in [5, 5.41) is -0.429. The lowest BCUT2D eigenvalue weighted by atomic mass is 9.93. The lowest BCUT2D eigenvalue weighted by Crippen LogP contribution is -2.38. The summed E-state index contributed by atoms with van der Waals surface area (Å²) in [6.07, 6.45) is 4.34. The number of carbonyl (C=O) groups excluding carboxylic acids is 2. The first-order valence-electron chi connectivity index (χ1n) is 10.4. The van der Waals surface area contributed by atoms with Crippen molar-refractivity contribution in [2.75, 3.05) is 20.7 Å². The molecule has 2 amide bonds. The average molecular weight is 472 g/mol. The highest BCUT2D eigenvalue weighted by Crippen LogP contribution is 2.21. The Hall–Kier alpha value is -1.91. The van der Waals surface area contributed by atoms with E-state index in [4.69, 9.17) is 4.74 Å². The van der Waals surface area contributed by atoms with Crippen LogP contribution >= 0.6 is 11.9 Å². The maximum absolute atomic E-state index is 12.9. The molecule has 31 heavy (non-hydrogen) atoms. The second kappa shape index (κ2) is 15.0. The number of nitrogens with one attached hydrogen (secondary N) is 1. The summed E-state index contributed by atoms with van der Waals surface area (Å²) < 4.78 is 34.1. The number of methoxy groups -OCH3 is 1. The van der Waals surface area contributed by atoms with Crippen molar-refractivity contribution in [3.05, 3.63) is 29.8 Å². The van der Waals surface area contributed by atoms with Gasteiger partial charge >= 0.3 is 15.7 Å². The van der Waals surface area contributed by atoms with Gasteiger partial charge in [-0.25, -0.2) is 0 Å². The molecule has 0 radical (unpaired) electrons. The molecule has 0 aliphatic heterocycles. The maximum Gasteiger partial charge on any atom is 0.311 e. The van der Waals surface area contributed by atoms with E-state index in [-0.39, 0.29) is 24.8 Å². The van der Waals surface area contributed by atoms with Crippen molar-refractivity contribution >= 4 is 33.6 Å². The largest absolute Gasteiger partial charge is 0.497 e. The van der Waals surface area contributed by atoms with E-state index in [1.807, 2.05) is 6.92 Å². The maximum atomic E-state index is 12.9. The molecule has 1 rings (SSSR count). The Morgan fingerprint density at radius 2 is 1.87 bits per heavy atom. The van der Waals surface area contributed by atoms with Crippen LogP contribution in [0.25, 0.3) is 0 Å². The Balaban J connectivity index is 2.90. The fourth-order valence-corrected chi connectivity index (χ4v) is 4.21. The van der Waals surface area contributed by atoms with Crippen LogP contribution in [0.2, 0.25) is 0 Å². The normalized spacial score (nSPS) is 12.6. The number of benzene rings is 1. The third kappa shape index (κ3) is 10.3. The molecule has 0 saturated heterocycles. The second-order valence-corrected chi connectivity index (χ2v) is 8.90. The van der Waals surface area contributed by atoms with Gasteiger partial charge in [0.15, 0.2) is 0 Å². The highest BCUT2D eigenvalue weighted by molar-refractivity contribution is 8.11. The SMILES string of the molecule is CCCCCC(C)C(CCN(C(=O)Cc1ccc(OC)cc1)C(=O)SNC)N=S(=O)=O. The molecule has 0 aromatic heterocycles. The van der Waals surface area contributed by atoms with Crippen LogP contribution in [0, 0.1) is 5.92 Å². The fraction of sp³-hybridized carbons (Fsp3) is 0.619. The minimum absolute atomic E-state index is 0.0371. The lowest BCUT2D eigenvalue weighted by Gasteiger charge is -2.24. The third-order valence-corrected chi connectivity index (χ3v) is 6.06. The third-order valence-electron chi connectivity index (χ3n) is 5.02. The average Bonchev–Trinajstić information content (AvgIpc) is 2.73. The van der Waals surface area contributed by atoms with Crippen LogP contribution in [0.15, 0.2) is 28.6 Å². The molecule has 1 N–H and O–H groups in total. The van der Waals surface area contributed by atoms with Gasteiger partial charge in [0.25, 0.3) is 0 Å². The van der Waals surface area contributed by atoms with Crippen molar-refractivity contribution in [2.24, 2.45) is 10.3 Å². The Bertz CT molecular complexity index is 820. The van der Waals surface area contributed by atoms with Gasteiger partial charge in [-0.15, -0.1) is 0 Å². The predicted octanol–water partition coefficient (Wildman–Crippen LogP) is 4.09. The van der Waals surface area contributed by atoms with Crippen LogP contribution in [-0.4, -0.2) is 51.2 Å². The summed E-state index contributed by atoms with van der Waals surface area (Å²) >= 11 is 0.819. The number of ether oxygens (including phenoxy) is 1. The minimum Gasteiger partial charge on any atom is -0.497 e. The van der Waals surface area contributed by atoms with Gasteiger partial charge in [0.2, 0.25) is 5.91 Å². The quantitative estimate of drug-likeness (QED) is 0.341. The first-order chi connectivity index (χ1) is 14.8. The van der Waals surface area contributed by atoms with Crippen LogP contribution in [0.3, 0.4) is 0 Å². The van der Waals surface area contributed by atoms with E-state index in [1.165, 1.54) is 4.90 Å². The molecule has 0 heterocycles. The fourth-order valence-electron chi connectivity index (χ4n) is 3.20. The number of carbonyl (C=O) groups is 2. The Labute approximate surface area is 191 Å². The number of unbranched alkanes of at least 4 members (excludes halogenated alkanes) is 2. The van der Waals surface area contributed by atoms with Gasteiger partial charge < -0.3 is 4.74 Å². The zero-order valence-electron chi connectivity index (χ0n) is 18.7. The number of hydrogen-bond acceptors (Lipinski definition) is 8. The van der Waals surface area contributed by atoms with E-state index in [1.54, 1.807) is 38.4 Å². The summed E-state index contributed by atoms with van der Waals surface area (Å²) in [4.78, 5) is 26.6. The molecule has 0 aliphatic rings. The predicted molar refractivity (Wildman–Crippen MR) is 124 cm³/mol. The molecule has 0 aliphatic carbocycles. The number of nitrogens with zero attached hydrogens (tertiary/aromatic N) is 2. The Morgan fingerprint density at radius 3 is 2.42 bits per heavy atom. The van der Waals surface area contributed by atoms with E-state index < -0.39 is 21.8 Å². The van der Waals surface area contributed by atoms with Crippen LogP contribution in [0.5, 0.6) is 5.75 Å². The van der Waals surface area contributed by atoms with Gasteiger partial charge in [-0.3, -0.25) is 19.2 Å². The lowest BCUT2D eigenvalue weighted by molar-refractivity contribution is -0.127. The molecule has 10 heteroatoms. The first kappa shape index (κ1) is 27.1. The molecule has 0 spiro atoms. The van der Waals surface area contributed by atoms with Gasteiger partial charge in [-0.05, 0) is 43.5 Å². The minimum atomic E-state index is -2.54. The van der Waals surface area contributed by atoms with E-state index in [2.05, 4.69) is 16.0 Å². The van der Waals surface area contributed by atoms with E-state index in [0.29, 0.717) is 12.2 Å². The molecule has 2 atom stereocenters. The molecule has 8 nitrogen and oxygen atoms in total. The van der Waals surface area contributed by atoms with Crippen molar-refractivity contribution in [1.82, 2.24) is 9.62 Å². The first-order valence-corrected chi connectivity index (χ1v) is 12.3. The van der Waals surface area contributed by atoms with Crippen LogP contribution in [-0.2, 0) is 21.7 Å². The van der Waals surface area contributed by atoms with E-state index >= 15 is 0 Å².